The van der Waals surface area contributed by atoms with E-state index in [-0.39, 0.29) is 6.07 Å². The van der Waals surface area contributed by atoms with E-state index in [0.29, 0.717) is 6.20 Å². The van der Waals surface area contributed by atoms with Gasteiger partial charge in [0.25, 0.3) is 0 Å². The number of hydrogen-bond donors (Lipinski definition) is 0. The van der Waals surface area contributed by atoms with E-state index in [1.807, 2.05) is 0 Å². The number of hydrogen-bond acceptors (Lipinski definition) is 3. The summed E-state index contributed by atoms with van der Waals surface area (Å²) in [4.78, 5) is 14.4. The summed E-state index contributed by atoms with van der Waals surface area (Å²) in [5.41, 5.74) is -2.01. The second-order valence-corrected chi connectivity index (χ2v) is 3.51. The average molecular weight is 251 g/mol. The summed E-state index contributed by atoms with van der Waals surface area (Å²) in [5, 5.41) is 0. The fourth-order valence-corrected chi connectivity index (χ4v) is 1.01. The van der Waals surface area contributed by atoms with E-state index in [9.17, 15) is 22.4 Å². The largest absolute Gasteiger partial charge is 0.458 e. The normalized spacial score (nSPS) is 11.7. The minimum absolute atomic E-state index is 0.212. The van der Waals surface area contributed by atoms with Gasteiger partial charge in [-0.05, 0) is 19.9 Å². The number of rotatable bonds is 2. The fourth-order valence-electron chi connectivity index (χ4n) is 1.01. The molecule has 0 radical (unpaired) electrons. The highest BCUT2D eigenvalue weighted by atomic mass is 19.4. The molecule has 7 heteroatoms. The fraction of sp³-hybridized carbons (Fsp3) is 0.400. The first kappa shape index (κ1) is 13.4. The third-order valence-electron chi connectivity index (χ3n) is 1.70. The van der Waals surface area contributed by atoms with Gasteiger partial charge in [-0.2, -0.15) is 13.2 Å². The molecule has 0 saturated heterocycles. The van der Waals surface area contributed by atoms with Crippen LogP contribution in [-0.4, -0.2) is 17.1 Å². The van der Waals surface area contributed by atoms with Gasteiger partial charge in [0.15, 0.2) is 11.5 Å². The Bertz CT molecular complexity index is 429. The van der Waals surface area contributed by atoms with Crippen molar-refractivity contribution in [1.29, 1.82) is 0 Å². The smallest absolute Gasteiger partial charge is 0.417 e. The van der Waals surface area contributed by atoms with Crippen LogP contribution in [-0.2, 0) is 10.9 Å². The lowest BCUT2D eigenvalue weighted by Crippen LogP contribution is -2.16. The molecule has 1 heterocycles. The molecule has 1 aromatic heterocycles. The molecule has 17 heavy (non-hydrogen) atoms. The molecule has 0 aromatic carbocycles. The van der Waals surface area contributed by atoms with Crippen LogP contribution in [0.2, 0.25) is 0 Å². The molecule has 0 bridgehead atoms. The van der Waals surface area contributed by atoms with Gasteiger partial charge in [0.2, 0.25) is 0 Å². The zero-order valence-electron chi connectivity index (χ0n) is 9.01. The summed E-state index contributed by atoms with van der Waals surface area (Å²) < 4.78 is 54.4. The summed E-state index contributed by atoms with van der Waals surface area (Å²) in [7, 11) is 0. The van der Waals surface area contributed by atoms with E-state index in [0.717, 1.165) is 0 Å². The number of carbonyl (C=O) groups excluding carboxylic acids is 1. The molecule has 0 atom stereocenters. The SMILES string of the molecule is CC(C)OC(=O)c1ncc(C(F)(F)F)cc1F. The molecule has 0 amide bonds. The maximum Gasteiger partial charge on any atom is 0.417 e. The molecule has 0 aliphatic carbocycles. The maximum absolute atomic E-state index is 13.2. The average Bonchev–Trinajstić information content (AvgIpc) is 2.14. The van der Waals surface area contributed by atoms with E-state index in [1.54, 1.807) is 0 Å². The van der Waals surface area contributed by atoms with Gasteiger partial charge >= 0.3 is 12.1 Å². The molecule has 0 saturated carbocycles. The first-order valence-corrected chi connectivity index (χ1v) is 4.65. The van der Waals surface area contributed by atoms with Gasteiger partial charge < -0.3 is 4.74 Å². The van der Waals surface area contributed by atoms with E-state index < -0.39 is 35.3 Å². The Balaban J connectivity index is 3.02. The summed E-state index contributed by atoms with van der Waals surface area (Å²) in [5.74, 6) is -2.45. The van der Waals surface area contributed by atoms with Crippen LogP contribution in [0, 0.1) is 5.82 Å². The lowest BCUT2D eigenvalue weighted by atomic mass is 10.2. The molecule has 94 valence electrons. The standard InChI is InChI=1S/C10H9F4NO2/c1-5(2)17-9(16)8-7(11)3-6(4-15-8)10(12,13)14/h3-5H,1-2H3. The highest BCUT2D eigenvalue weighted by molar-refractivity contribution is 5.87. The van der Waals surface area contributed by atoms with Crippen LogP contribution >= 0.6 is 0 Å². The molecule has 3 nitrogen and oxygen atoms in total. The number of ether oxygens (including phenoxy) is 1. The van der Waals surface area contributed by atoms with Crippen molar-refractivity contribution in [3.05, 3.63) is 29.3 Å². The number of alkyl halides is 3. The van der Waals surface area contributed by atoms with Crippen molar-refractivity contribution >= 4 is 5.97 Å². The van der Waals surface area contributed by atoms with Crippen molar-refractivity contribution in [2.45, 2.75) is 26.1 Å². The predicted molar refractivity (Wildman–Crippen MR) is 49.7 cm³/mol. The topological polar surface area (TPSA) is 39.2 Å². The second kappa shape index (κ2) is 4.68. The van der Waals surface area contributed by atoms with Crippen LogP contribution in [0.3, 0.4) is 0 Å². The van der Waals surface area contributed by atoms with Crippen LogP contribution in [0.25, 0.3) is 0 Å². The van der Waals surface area contributed by atoms with Crippen LogP contribution in [0.4, 0.5) is 17.6 Å². The minimum atomic E-state index is -4.70. The van der Waals surface area contributed by atoms with Crippen molar-refractivity contribution in [2.75, 3.05) is 0 Å². The Kier molecular flexibility index (Phi) is 3.69. The Labute approximate surface area is 94.4 Å². The summed E-state index contributed by atoms with van der Waals surface area (Å²) in [6.45, 7) is 3.06. The molecule has 1 rings (SSSR count). The molecule has 0 fully saturated rings. The molecule has 0 aliphatic rings. The number of pyridine rings is 1. The van der Waals surface area contributed by atoms with Gasteiger partial charge in [-0.15, -0.1) is 0 Å². The Hall–Kier alpha value is -1.66. The first-order chi connectivity index (χ1) is 7.71. The number of halogens is 4. The molecule has 0 N–H and O–H groups in total. The van der Waals surface area contributed by atoms with Crippen molar-refractivity contribution < 1.29 is 27.1 Å². The quantitative estimate of drug-likeness (QED) is 0.599. The zero-order chi connectivity index (χ0) is 13.2. The Morgan fingerprint density at radius 1 is 1.41 bits per heavy atom. The third kappa shape index (κ3) is 3.40. The van der Waals surface area contributed by atoms with Crippen LogP contribution in [0.5, 0.6) is 0 Å². The predicted octanol–water partition coefficient (Wildman–Crippen LogP) is 2.80. The lowest BCUT2D eigenvalue weighted by molar-refractivity contribution is -0.138. The van der Waals surface area contributed by atoms with Crippen molar-refractivity contribution in [1.82, 2.24) is 4.98 Å². The van der Waals surface area contributed by atoms with Crippen LogP contribution in [0.1, 0.15) is 29.9 Å². The summed E-state index contributed by atoms with van der Waals surface area (Å²) in [6, 6.07) is 0.212. The molecule has 0 spiro atoms. The second-order valence-electron chi connectivity index (χ2n) is 3.51. The zero-order valence-corrected chi connectivity index (χ0v) is 9.01. The molecular formula is C10H9F4NO2. The van der Waals surface area contributed by atoms with Crippen LogP contribution in [0.15, 0.2) is 12.3 Å². The number of carbonyl (C=O) groups is 1. The summed E-state index contributed by atoms with van der Waals surface area (Å²) in [6.07, 6.45) is -4.82. The Morgan fingerprint density at radius 2 is 2.00 bits per heavy atom. The van der Waals surface area contributed by atoms with Gasteiger partial charge in [-0.3, -0.25) is 0 Å². The minimum Gasteiger partial charge on any atom is -0.458 e. The van der Waals surface area contributed by atoms with Gasteiger partial charge in [-0.1, -0.05) is 0 Å². The van der Waals surface area contributed by atoms with Crippen molar-refractivity contribution in [2.24, 2.45) is 0 Å². The molecule has 1 aromatic rings. The first-order valence-electron chi connectivity index (χ1n) is 4.65. The maximum atomic E-state index is 13.2. The van der Waals surface area contributed by atoms with Gasteiger partial charge in [0.1, 0.15) is 0 Å². The van der Waals surface area contributed by atoms with Crippen molar-refractivity contribution in [3.8, 4) is 0 Å². The van der Waals surface area contributed by atoms with Gasteiger partial charge in [0.05, 0.1) is 11.7 Å². The Morgan fingerprint density at radius 3 is 2.41 bits per heavy atom. The monoisotopic (exact) mass is 251 g/mol. The number of nitrogens with zero attached hydrogens (tertiary/aromatic N) is 1. The van der Waals surface area contributed by atoms with Gasteiger partial charge in [0, 0.05) is 6.20 Å². The van der Waals surface area contributed by atoms with Gasteiger partial charge in [-0.25, -0.2) is 14.2 Å². The number of esters is 1. The highest BCUT2D eigenvalue weighted by Gasteiger charge is 2.32. The molecular weight excluding hydrogens is 242 g/mol. The molecule has 0 aliphatic heterocycles. The molecule has 0 unspecified atom stereocenters. The van der Waals surface area contributed by atoms with Crippen molar-refractivity contribution in [3.63, 3.8) is 0 Å². The van der Waals surface area contributed by atoms with Crippen LogP contribution < -0.4 is 0 Å². The van der Waals surface area contributed by atoms with E-state index in [4.69, 9.17) is 0 Å². The third-order valence-corrected chi connectivity index (χ3v) is 1.70. The van der Waals surface area contributed by atoms with E-state index in [1.165, 1.54) is 13.8 Å². The lowest BCUT2D eigenvalue weighted by Gasteiger charge is -2.09. The summed E-state index contributed by atoms with van der Waals surface area (Å²) >= 11 is 0. The highest BCUT2D eigenvalue weighted by Crippen LogP contribution is 2.29. The van der Waals surface area contributed by atoms with E-state index >= 15 is 0 Å². The number of aromatic nitrogens is 1. The van der Waals surface area contributed by atoms with E-state index in [2.05, 4.69) is 9.72 Å².